The molecular weight excluding hydrogens is 420 g/mol. The number of carbonyl (C=O) groups is 3. The van der Waals surface area contributed by atoms with Gasteiger partial charge in [-0.05, 0) is 66.9 Å². The van der Waals surface area contributed by atoms with Crippen molar-refractivity contribution in [2.75, 3.05) is 10.2 Å². The Morgan fingerprint density at radius 3 is 2.33 bits per heavy atom. The van der Waals surface area contributed by atoms with Crippen molar-refractivity contribution in [2.45, 2.75) is 44.7 Å². The number of amides is 3. The van der Waals surface area contributed by atoms with Gasteiger partial charge in [0.1, 0.15) is 6.04 Å². The molecule has 1 unspecified atom stereocenters. The van der Waals surface area contributed by atoms with Gasteiger partial charge >= 0.3 is 0 Å². The predicted octanol–water partition coefficient (Wildman–Crippen LogP) is 4.08. The first kappa shape index (κ1) is 22.3. The summed E-state index contributed by atoms with van der Waals surface area (Å²) in [7, 11) is 0. The van der Waals surface area contributed by atoms with Crippen LogP contribution in [0.5, 0.6) is 0 Å². The van der Waals surface area contributed by atoms with Gasteiger partial charge in [-0.1, -0.05) is 12.8 Å². The van der Waals surface area contributed by atoms with Crippen LogP contribution in [0, 0.1) is 0 Å². The van der Waals surface area contributed by atoms with Crippen LogP contribution in [-0.4, -0.2) is 28.7 Å². The largest absolute Gasteiger partial charge is 0.459 e. The average molecular weight is 447 g/mol. The molecule has 4 rings (SSSR count). The van der Waals surface area contributed by atoms with E-state index in [1.165, 1.54) is 18.1 Å². The Kier molecular flexibility index (Phi) is 6.83. The minimum absolute atomic E-state index is 0.0875. The van der Waals surface area contributed by atoms with Crippen LogP contribution in [0.15, 0.2) is 71.6 Å². The molecule has 0 spiro atoms. The van der Waals surface area contributed by atoms with Crippen LogP contribution in [-0.2, 0) is 9.59 Å². The molecule has 1 saturated carbocycles. The van der Waals surface area contributed by atoms with E-state index in [0.717, 1.165) is 25.7 Å². The normalized spacial score (nSPS) is 14.5. The van der Waals surface area contributed by atoms with Gasteiger partial charge in [0.15, 0.2) is 5.76 Å². The van der Waals surface area contributed by atoms with Crippen LogP contribution in [0.1, 0.15) is 54.8 Å². The van der Waals surface area contributed by atoms with Crippen molar-refractivity contribution in [3.8, 4) is 0 Å². The fraction of sp³-hybridized carbons (Fsp3) is 0.280. The molecule has 2 heterocycles. The highest BCUT2D eigenvalue weighted by Crippen LogP contribution is 2.31. The first-order valence-electron chi connectivity index (χ1n) is 11.0. The summed E-state index contributed by atoms with van der Waals surface area (Å²) in [5.74, 6) is -0.792. The quantitative estimate of drug-likeness (QED) is 0.569. The van der Waals surface area contributed by atoms with Crippen molar-refractivity contribution in [1.29, 1.82) is 0 Å². The third kappa shape index (κ3) is 5.28. The summed E-state index contributed by atoms with van der Waals surface area (Å²) >= 11 is 0. The summed E-state index contributed by atoms with van der Waals surface area (Å²) in [6, 6.07) is 12.6. The number of furan rings is 1. The number of anilines is 2. The molecule has 1 aliphatic carbocycles. The fourth-order valence-electron chi connectivity index (χ4n) is 4.12. The summed E-state index contributed by atoms with van der Waals surface area (Å²) in [5, 5.41) is 5.84. The summed E-state index contributed by atoms with van der Waals surface area (Å²) < 4.78 is 5.38. The van der Waals surface area contributed by atoms with E-state index in [0.29, 0.717) is 16.9 Å². The van der Waals surface area contributed by atoms with Gasteiger partial charge in [0.25, 0.3) is 5.91 Å². The van der Waals surface area contributed by atoms with Crippen molar-refractivity contribution in [3.63, 3.8) is 0 Å². The van der Waals surface area contributed by atoms with E-state index in [-0.39, 0.29) is 23.6 Å². The van der Waals surface area contributed by atoms with Gasteiger partial charge < -0.3 is 15.1 Å². The van der Waals surface area contributed by atoms with Crippen LogP contribution < -0.4 is 15.5 Å². The van der Waals surface area contributed by atoms with E-state index in [2.05, 4.69) is 15.6 Å². The number of benzene rings is 1. The van der Waals surface area contributed by atoms with Gasteiger partial charge in [-0.25, -0.2) is 0 Å². The standard InChI is InChI=1S/C25H26N4O4/c1-17(30)27-20-8-10-21(11-9-20)29(25(32)22-7-4-16-33-22)23(18-12-14-26-15-13-18)24(31)28-19-5-2-3-6-19/h4,7-16,19,23H,2-3,5-6H2,1H3,(H,27,30)(H,28,31). The summed E-state index contributed by atoms with van der Waals surface area (Å²) in [4.78, 5) is 44.1. The van der Waals surface area contributed by atoms with Crippen molar-refractivity contribution in [3.05, 3.63) is 78.5 Å². The minimum atomic E-state index is -0.933. The van der Waals surface area contributed by atoms with E-state index in [1.54, 1.807) is 60.9 Å². The molecule has 3 amide bonds. The lowest BCUT2D eigenvalue weighted by molar-refractivity contribution is -0.123. The number of hydrogen-bond donors (Lipinski definition) is 2. The van der Waals surface area contributed by atoms with Crippen LogP contribution in [0.4, 0.5) is 11.4 Å². The highest BCUT2D eigenvalue weighted by Gasteiger charge is 2.35. The zero-order valence-corrected chi connectivity index (χ0v) is 18.4. The van der Waals surface area contributed by atoms with Crippen LogP contribution in [0.3, 0.4) is 0 Å². The van der Waals surface area contributed by atoms with Crippen LogP contribution >= 0.6 is 0 Å². The molecule has 0 aliphatic heterocycles. The van der Waals surface area contributed by atoms with Gasteiger partial charge in [-0.2, -0.15) is 0 Å². The molecule has 1 atom stereocenters. The second-order valence-corrected chi connectivity index (χ2v) is 8.05. The summed E-state index contributed by atoms with van der Waals surface area (Å²) in [6.45, 7) is 1.42. The molecule has 170 valence electrons. The van der Waals surface area contributed by atoms with E-state index in [1.807, 2.05) is 0 Å². The van der Waals surface area contributed by atoms with Gasteiger partial charge in [0, 0.05) is 36.7 Å². The van der Waals surface area contributed by atoms with Gasteiger partial charge in [0.05, 0.1) is 6.26 Å². The van der Waals surface area contributed by atoms with Gasteiger partial charge in [-0.15, -0.1) is 0 Å². The average Bonchev–Trinajstić information content (AvgIpc) is 3.52. The summed E-state index contributed by atoms with van der Waals surface area (Å²) in [6.07, 6.45) is 8.61. The van der Waals surface area contributed by atoms with E-state index >= 15 is 0 Å². The molecule has 0 bridgehead atoms. The lowest BCUT2D eigenvalue weighted by Crippen LogP contribution is -2.46. The Bertz CT molecular complexity index is 1090. The van der Waals surface area contributed by atoms with Crippen molar-refractivity contribution >= 4 is 29.1 Å². The molecule has 1 aromatic carbocycles. The number of nitrogens with zero attached hydrogens (tertiary/aromatic N) is 2. The number of pyridine rings is 1. The third-order valence-electron chi connectivity index (χ3n) is 5.65. The molecule has 2 N–H and O–H groups in total. The molecule has 0 radical (unpaired) electrons. The number of hydrogen-bond acceptors (Lipinski definition) is 5. The zero-order valence-electron chi connectivity index (χ0n) is 18.4. The second-order valence-electron chi connectivity index (χ2n) is 8.05. The topological polar surface area (TPSA) is 105 Å². The molecule has 33 heavy (non-hydrogen) atoms. The SMILES string of the molecule is CC(=O)Nc1ccc(N(C(=O)c2ccco2)C(C(=O)NC2CCCC2)c2ccncc2)cc1. The molecule has 8 nitrogen and oxygen atoms in total. The van der Waals surface area contributed by atoms with Crippen molar-refractivity contribution in [1.82, 2.24) is 10.3 Å². The highest BCUT2D eigenvalue weighted by molar-refractivity contribution is 6.08. The van der Waals surface area contributed by atoms with Crippen LogP contribution in [0.2, 0.25) is 0 Å². The Hall–Kier alpha value is -3.94. The smallest absolute Gasteiger partial charge is 0.294 e. The fourth-order valence-corrected chi connectivity index (χ4v) is 4.12. The van der Waals surface area contributed by atoms with Crippen LogP contribution in [0.25, 0.3) is 0 Å². The number of aromatic nitrogens is 1. The minimum Gasteiger partial charge on any atom is -0.459 e. The Balaban J connectivity index is 1.76. The highest BCUT2D eigenvalue weighted by atomic mass is 16.3. The number of carbonyl (C=O) groups excluding carboxylic acids is 3. The van der Waals surface area contributed by atoms with E-state index in [4.69, 9.17) is 4.42 Å². The molecule has 3 aromatic rings. The van der Waals surface area contributed by atoms with Gasteiger partial charge in [-0.3, -0.25) is 24.3 Å². The van der Waals surface area contributed by atoms with Crippen molar-refractivity contribution < 1.29 is 18.8 Å². The first-order valence-corrected chi connectivity index (χ1v) is 11.0. The molecule has 8 heteroatoms. The summed E-state index contributed by atoms with van der Waals surface area (Å²) in [5.41, 5.74) is 1.72. The zero-order chi connectivity index (χ0) is 23.2. The number of rotatable bonds is 7. The monoisotopic (exact) mass is 446 g/mol. The second kappa shape index (κ2) is 10.1. The van der Waals surface area contributed by atoms with E-state index in [9.17, 15) is 14.4 Å². The molecular formula is C25H26N4O4. The predicted molar refractivity (Wildman–Crippen MR) is 124 cm³/mol. The van der Waals surface area contributed by atoms with E-state index < -0.39 is 11.9 Å². The molecule has 1 fully saturated rings. The maximum atomic E-state index is 13.6. The molecule has 1 aliphatic rings. The lowest BCUT2D eigenvalue weighted by Gasteiger charge is -2.31. The Labute approximate surface area is 192 Å². The molecule has 2 aromatic heterocycles. The Morgan fingerprint density at radius 2 is 1.73 bits per heavy atom. The maximum absolute atomic E-state index is 13.6. The van der Waals surface area contributed by atoms with Crippen molar-refractivity contribution in [2.24, 2.45) is 0 Å². The maximum Gasteiger partial charge on any atom is 0.294 e. The molecule has 0 saturated heterocycles. The number of nitrogens with one attached hydrogen (secondary N) is 2. The lowest BCUT2D eigenvalue weighted by atomic mass is 10.0. The van der Waals surface area contributed by atoms with Gasteiger partial charge in [0.2, 0.25) is 11.8 Å². The third-order valence-corrected chi connectivity index (χ3v) is 5.65. The first-order chi connectivity index (χ1) is 16.0. The Morgan fingerprint density at radius 1 is 1.03 bits per heavy atom.